The first-order chi connectivity index (χ1) is 11.5. The van der Waals surface area contributed by atoms with Gasteiger partial charge < -0.3 is 15.0 Å². The second-order valence-corrected chi connectivity index (χ2v) is 5.66. The zero-order valence-electron chi connectivity index (χ0n) is 14.1. The molecule has 0 aromatic heterocycles. The van der Waals surface area contributed by atoms with Gasteiger partial charge in [0.15, 0.2) is 0 Å². The number of benzene rings is 2. The third-order valence-corrected chi connectivity index (χ3v) is 3.81. The molecule has 2 aromatic rings. The molecule has 5 heteroatoms. The molecule has 0 heterocycles. The number of rotatable bonds is 6. The van der Waals surface area contributed by atoms with Crippen LogP contribution in [0.5, 0.6) is 5.75 Å². The van der Waals surface area contributed by atoms with Gasteiger partial charge in [-0.1, -0.05) is 18.2 Å². The van der Waals surface area contributed by atoms with Crippen molar-refractivity contribution in [2.75, 3.05) is 27.7 Å². The van der Waals surface area contributed by atoms with Crippen molar-refractivity contribution in [1.29, 1.82) is 5.26 Å². The summed E-state index contributed by atoms with van der Waals surface area (Å²) in [7, 11) is 5.56. The molecule has 0 saturated heterocycles. The average Bonchev–Trinajstić information content (AvgIpc) is 2.61. The highest BCUT2D eigenvalue weighted by atomic mass is 16.5. The highest BCUT2D eigenvalue weighted by Gasteiger charge is 2.16. The Morgan fingerprint density at radius 1 is 1.25 bits per heavy atom. The zero-order valence-corrected chi connectivity index (χ0v) is 14.1. The Kier molecular flexibility index (Phi) is 5.94. The van der Waals surface area contributed by atoms with Crippen molar-refractivity contribution in [3.05, 3.63) is 65.2 Å². The van der Waals surface area contributed by atoms with E-state index in [1.54, 1.807) is 31.4 Å². The molecule has 0 aliphatic rings. The van der Waals surface area contributed by atoms with Crippen molar-refractivity contribution >= 4 is 5.91 Å². The standard InChI is InChI=1S/C19H21N3O2/c1-22(2)18(15-7-5-9-17(11-15)24-3)13-21-19(23)16-8-4-6-14(10-16)12-20/h4-11,18H,13H2,1-3H3,(H,21,23). The van der Waals surface area contributed by atoms with Crippen molar-refractivity contribution in [1.82, 2.24) is 10.2 Å². The van der Waals surface area contributed by atoms with E-state index in [1.165, 1.54) is 0 Å². The van der Waals surface area contributed by atoms with Gasteiger partial charge in [0, 0.05) is 12.1 Å². The molecule has 1 atom stereocenters. The lowest BCUT2D eigenvalue weighted by atomic mass is 10.1. The number of likely N-dealkylation sites (N-methyl/N-ethyl adjacent to an activating group) is 1. The first kappa shape index (κ1) is 17.5. The first-order valence-corrected chi connectivity index (χ1v) is 7.64. The summed E-state index contributed by atoms with van der Waals surface area (Å²) in [6.45, 7) is 0.454. The van der Waals surface area contributed by atoms with E-state index in [2.05, 4.69) is 5.32 Å². The topological polar surface area (TPSA) is 65.4 Å². The minimum Gasteiger partial charge on any atom is -0.497 e. The minimum atomic E-state index is -0.193. The van der Waals surface area contributed by atoms with Crippen LogP contribution >= 0.6 is 0 Å². The fourth-order valence-corrected chi connectivity index (χ4v) is 2.47. The highest BCUT2D eigenvalue weighted by molar-refractivity contribution is 5.94. The van der Waals surface area contributed by atoms with Crippen LogP contribution in [-0.4, -0.2) is 38.6 Å². The van der Waals surface area contributed by atoms with Crippen LogP contribution in [0.3, 0.4) is 0 Å². The quantitative estimate of drug-likeness (QED) is 0.887. The molecule has 0 spiro atoms. The van der Waals surface area contributed by atoms with E-state index in [9.17, 15) is 4.79 Å². The fourth-order valence-electron chi connectivity index (χ4n) is 2.47. The summed E-state index contributed by atoms with van der Waals surface area (Å²) in [6, 6.07) is 16.5. The number of nitriles is 1. The van der Waals surface area contributed by atoms with Gasteiger partial charge in [-0.3, -0.25) is 4.79 Å². The molecule has 2 aromatic carbocycles. The Bertz CT molecular complexity index is 750. The van der Waals surface area contributed by atoms with E-state index in [-0.39, 0.29) is 11.9 Å². The summed E-state index contributed by atoms with van der Waals surface area (Å²) in [5.74, 6) is 0.592. The lowest BCUT2D eigenvalue weighted by Gasteiger charge is -2.25. The summed E-state index contributed by atoms with van der Waals surface area (Å²) in [6.07, 6.45) is 0. The number of carbonyl (C=O) groups is 1. The molecule has 2 rings (SSSR count). The smallest absolute Gasteiger partial charge is 0.251 e. The predicted molar refractivity (Wildman–Crippen MR) is 92.9 cm³/mol. The summed E-state index contributed by atoms with van der Waals surface area (Å²) >= 11 is 0. The number of hydrogen-bond acceptors (Lipinski definition) is 4. The van der Waals surface area contributed by atoms with Crippen LogP contribution in [-0.2, 0) is 0 Å². The van der Waals surface area contributed by atoms with Gasteiger partial charge in [-0.05, 0) is 50.0 Å². The van der Waals surface area contributed by atoms with E-state index in [0.717, 1.165) is 11.3 Å². The maximum atomic E-state index is 12.3. The maximum absolute atomic E-state index is 12.3. The lowest BCUT2D eigenvalue weighted by molar-refractivity contribution is 0.0942. The van der Waals surface area contributed by atoms with Crippen molar-refractivity contribution in [2.45, 2.75) is 6.04 Å². The predicted octanol–water partition coefficient (Wildman–Crippen LogP) is 2.60. The van der Waals surface area contributed by atoms with Crippen LogP contribution < -0.4 is 10.1 Å². The van der Waals surface area contributed by atoms with Crippen molar-refractivity contribution in [3.8, 4) is 11.8 Å². The number of nitrogens with one attached hydrogen (secondary N) is 1. The molecule has 1 amide bonds. The summed E-state index contributed by atoms with van der Waals surface area (Å²) in [5, 5.41) is 11.9. The van der Waals surface area contributed by atoms with Gasteiger partial charge in [-0.25, -0.2) is 0 Å². The van der Waals surface area contributed by atoms with Gasteiger partial charge in [0.25, 0.3) is 5.91 Å². The average molecular weight is 323 g/mol. The van der Waals surface area contributed by atoms with Crippen LogP contribution in [0.2, 0.25) is 0 Å². The molecular formula is C19H21N3O2. The molecular weight excluding hydrogens is 302 g/mol. The molecule has 1 N–H and O–H groups in total. The summed E-state index contributed by atoms with van der Waals surface area (Å²) in [5.41, 5.74) is 2.02. The Morgan fingerprint density at radius 2 is 2.00 bits per heavy atom. The van der Waals surface area contributed by atoms with Gasteiger partial charge in [0.1, 0.15) is 5.75 Å². The van der Waals surface area contributed by atoms with Crippen molar-refractivity contribution < 1.29 is 9.53 Å². The Morgan fingerprint density at radius 3 is 2.67 bits per heavy atom. The van der Waals surface area contributed by atoms with E-state index in [1.807, 2.05) is 49.3 Å². The van der Waals surface area contributed by atoms with Gasteiger partial charge in [0.05, 0.1) is 24.8 Å². The Balaban J connectivity index is 2.11. The van der Waals surface area contributed by atoms with Gasteiger partial charge in [0.2, 0.25) is 0 Å². The highest BCUT2D eigenvalue weighted by Crippen LogP contribution is 2.22. The maximum Gasteiger partial charge on any atom is 0.251 e. The summed E-state index contributed by atoms with van der Waals surface area (Å²) in [4.78, 5) is 14.4. The van der Waals surface area contributed by atoms with Crippen LogP contribution in [0.15, 0.2) is 48.5 Å². The normalized spacial score (nSPS) is 11.6. The molecule has 0 aliphatic heterocycles. The molecule has 0 bridgehead atoms. The van der Waals surface area contributed by atoms with E-state index < -0.39 is 0 Å². The number of amides is 1. The van der Waals surface area contributed by atoms with Crippen LogP contribution in [0.25, 0.3) is 0 Å². The number of hydrogen-bond donors (Lipinski definition) is 1. The molecule has 24 heavy (non-hydrogen) atoms. The first-order valence-electron chi connectivity index (χ1n) is 7.64. The largest absolute Gasteiger partial charge is 0.497 e. The Hall–Kier alpha value is -2.84. The second-order valence-electron chi connectivity index (χ2n) is 5.66. The summed E-state index contributed by atoms with van der Waals surface area (Å²) < 4.78 is 5.27. The van der Waals surface area contributed by atoms with Crippen LogP contribution in [0, 0.1) is 11.3 Å². The van der Waals surface area contributed by atoms with Gasteiger partial charge in [-0.15, -0.1) is 0 Å². The molecule has 0 saturated carbocycles. The van der Waals surface area contributed by atoms with Crippen LogP contribution in [0.4, 0.5) is 0 Å². The van der Waals surface area contributed by atoms with E-state index >= 15 is 0 Å². The molecule has 1 unspecified atom stereocenters. The molecule has 5 nitrogen and oxygen atoms in total. The molecule has 0 radical (unpaired) electrons. The fraction of sp³-hybridized carbons (Fsp3) is 0.263. The molecule has 0 aliphatic carbocycles. The SMILES string of the molecule is COc1cccc(C(CNC(=O)c2cccc(C#N)c2)N(C)C)c1. The van der Waals surface area contributed by atoms with Crippen LogP contribution in [0.1, 0.15) is 27.5 Å². The van der Waals surface area contributed by atoms with Crippen molar-refractivity contribution in [3.63, 3.8) is 0 Å². The number of carbonyl (C=O) groups excluding carboxylic acids is 1. The van der Waals surface area contributed by atoms with Gasteiger partial charge in [-0.2, -0.15) is 5.26 Å². The number of methoxy groups -OCH3 is 1. The Labute approximate surface area is 142 Å². The zero-order chi connectivity index (χ0) is 17.5. The second kappa shape index (κ2) is 8.14. The van der Waals surface area contributed by atoms with E-state index in [0.29, 0.717) is 17.7 Å². The van der Waals surface area contributed by atoms with Gasteiger partial charge >= 0.3 is 0 Å². The lowest BCUT2D eigenvalue weighted by Crippen LogP contribution is -2.34. The molecule has 0 fully saturated rings. The monoisotopic (exact) mass is 323 g/mol. The minimum absolute atomic E-state index is 0.0169. The van der Waals surface area contributed by atoms with E-state index in [4.69, 9.17) is 10.00 Å². The van der Waals surface area contributed by atoms with Crippen molar-refractivity contribution in [2.24, 2.45) is 0 Å². The number of ether oxygens (including phenoxy) is 1. The number of nitrogens with zero attached hydrogens (tertiary/aromatic N) is 2. The molecule has 124 valence electrons. The third-order valence-electron chi connectivity index (χ3n) is 3.81. The third kappa shape index (κ3) is 4.34.